The van der Waals surface area contributed by atoms with Gasteiger partial charge in [0, 0.05) is 47.9 Å². The van der Waals surface area contributed by atoms with Gasteiger partial charge in [-0.25, -0.2) is 4.79 Å². The predicted octanol–water partition coefficient (Wildman–Crippen LogP) is 6.06. The van der Waals surface area contributed by atoms with Crippen LogP contribution in [-0.4, -0.2) is 54.1 Å². The third kappa shape index (κ3) is 7.05. The molecule has 0 fully saturated rings. The molecule has 0 atom stereocenters. The van der Waals surface area contributed by atoms with E-state index >= 15 is 0 Å². The Morgan fingerprint density at radius 3 is 2.41 bits per heavy atom. The summed E-state index contributed by atoms with van der Waals surface area (Å²) in [4.78, 5) is 13.3. The lowest BCUT2D eigenvalue weighted by Crippen LogP contribution is -2.11. The van der Waals surface area contributed by atoms with Crippen molar-refractivity contribution in [3.8, 4) is 45.6 Å². The lowest BCUT2D eigenvalue weighted by Gasteiger charge is -2.19. The van der Waals surface area contributed by atoms with Gasteiger partial charge < -0.3 is 37.9 Å². The molecule has 9 nitrogen and oxygen atoms in total. The van der Waals surface area contributed by atoms with Crippen molar-refractivity contribution in [2.45, 2.75) is 26.7 Å². The van der Waals surface area contributed by atoms with Crippen LogP contribution in [0.4, 0.5) is 0 Å². The van der Waals surface area contributed by atoms with Gasteiger partial charge in [-0.1, -0.05) is 19.1 Å². The molecule has 3 aromatic carbocycles. The molecule has 1 aliphatic rings. The molecule has 0 saturated carbocycles. The molecule has 41 heavy (non-hydrogen) atoms. The van der Waals surface area contributed by atoms with E-state index in [1.807, 2.05) is 49.4 Å². The van der Waals surface area contributed by atoms with Crippen molar-refractivity contribution >= 4 is 12.0 Å². The fourth-order valence-electron chi connectivity index (χ4n) is 4.46. The maximum absolute atomic E-state index is 13.3. The number of hydrogen-bond donors (Lipinski definition) is 0. The van der Waals surface area contributed by atoms with Crippen molar-refractivity contribution in [2.24, 2.45) is 0 Å². The van der Waals surface area contributed by atoms with Crippen molar-refractivity contribution in [2.75, 3.05) is 48.1 Å². The van der Waals surface area contributed by atoms with Crippen LogP contribution in [0.2, 0.25) is 0 Å². The van der Waals surface area contributed by atoms with E-state index in [0.717, 1.165) is 28.7 Å². The van der Waals surface area contributed by atoms with Gasteiger partial charge in [0.2, 0.25) is 6.79 Å². The molecule has 218 valence electrons. The molecule has 1 heterocycles. The summed E-state index contributed by atoms with van der Waals surface area (Å²) in [5.74, 6) is 3.15. The minimum absolute atomic E-state index is 0.0430. The second kappa shape index (κ2) is 14.3. The van der Waals surface area contributed by atoms with Gasteiger partial charge in [-0.3, -0.25) is 0 Å². The van der Waals surface area contributed by atoms with E-state index in [0.29, 0.717) is 46.7 Å². The van der Waals surface area contributed by atoms with Gasteiger partial charge in [0.25, 0.3) is 0 Å². The second-order valence-electron chi connectivity index (χ2n) is 9.07. The van der Waals surface area contributed by atoms with Gasteiger partial charge in [-0.05, 0) is 49.2 Å². The van der Waals surface area contributed by atoms with Gasteiger partial charge in [0.1, 0.15) is 23.0 Å². The number of carbonyl (C=O) groups excluding carboxylic acids is 1. The number of esters is 1. The monoisotopic (exact) mass is 564 g/mol. The number of rotatable bonds is 14. The van der Waals surface area contributed by atoms with Crippen molar-refractivity contribution in [3.05, 3.63) is 65.2 Å². The van der Waals surface area contributed by atoms with E-state index in [-0.39, 0.29) is 26.6 Å². The van der Waals surface area contributed by atoms with E-state index < -0.39 is 5.97 Å². The SMILES string of the molecule is CCCOc1cccc(C=C(Cc2cc3c(cc2OC)OCO3)C(=O)OCC)c1-c1ccc(OC)cc1OCOC. The summed E-state index contributed by atoms with van der Waals surface area (Å²) < 4.78 is 44.9. The highest BCUT2D eigenvalue weighted by molar-refractivity contribution is 5.97. The van der Waals surface area contributed by atoms with E-state index in [1.54, 1.807) is 40.4 Å². The summed E-state index contributed by atoms with van der Waals surface area (Å²) in [6.07, 6.45) is 2.88. The van der Waals surface area contributed by atoms with Crippen LogP contribution in [-0.2, 0) is 20.7 Å². The third-order valence-corrected chi connectivity index (χ3v) is 6.33. The fourth-order valence-corrected chi connectivity index (χ4v) is 4.46. The first kappa shape index (κ1) is 29.6. The summed E-state index contributed by atoms with van der Waals surface area (Å²) in [5, 5.41) is 0. The maximum atomic E-state index is 13.3. The largest absolute Gasteiger partial charge is 0.497 e. The van der Waals surface area contributed by atoms with Crippen molar-refractivity contribution in [1.29, 1.82) is 0 Å². The Morgan fingerprint density at radius 1 is 0.902 bits per heavy atom. The first-order chi connectivity index (χ1) is 20.0. The third-order valence-electron chi connectivity index (χ3n) is 6.33. The van der Waals surface area contributed by atoms with E-state index in [2.05, 4.69) is 0 Å². The number of hydrogen-bond acceptors (Lipinski definition) is 9. The lowest BCUT2D eigenvalue weighted by molar-refractivity contribution is -0.138. The smallest absolute Gasteiger partial charge is 0.334 e. The first-order valence-electron chi connectivity index (χ1n) is 13.4. The molecule has 1 aliphatic heterocycles. The van der Waals surface area contributed by atoms with Gasteiger partial charge >= 0.3 is 5.97 Å². The van der Waals surface area contributed by atoms with Gasteiger partial charge in [0.05, 0.1) is 27.4 Å². The Hall–Kier alpha value is -4.37. The summed E-state index contributed by atoms with van der Waals surface area (Å²) in [6, 6.07) is 14.9. The van der Waals surface area contributed by atoms with E-state index in [4.69, 9.17) is 37.9 Å². The summed E-state index contributed by atoms with van der Waals surface area (Å²) in [7, 11) is 4.73. The van der Waals surface area contributed by atoms with Gasteiger partial charge in [-0.15, -0.1) is 0 Å². The molecule has 0 radical (unpaired) electrons. The second-order valence-corrected chi connectivity index (χ2v) is 9.07. The van der Waals surface area contributed by atoms with Crippen LogP contribution in [0.15, 0.2) is 54.1 Å². The van der Waals surface area contributed by atoms with Crippen molar-refractivity contribution in [3.63, 3.8) is 0 Å². The molecule has 0 spiro atoms. The molecule has 0 aromatic heterocycles. The fraction of sp³-hybridized carbons (Fsp3) is 0.344. The molecule has 0 saturated heterocycles. The Bertz CT molecular complexity index is 1380. The standard InChI is InChI=1S/C32H36O9/c1-6-13-38-26-10-8-9-21(31(26)25-12-11-24(35-4)17-28(25)39-19-34-3)14-23(32(33)37-7-2)15-22-16-29-30(41-20-40-29)18-27(22)36-5/h8-12,14,16-18H,6-7,13,15,19-20H2,1-5H3. The highest BCUT2D eigenvalue weighted by atomic mass is 16.7. The highest BCUT2D eigenvalue weighted by Gasteiger charge is 2.23. The van der Waals surface area contributed by atoms with Crippen LogP contribution in [0.3, 0.4) is 0 Å². The number of methoxy groups -OCH3 is 3. The molecular weight excluding hydrogens is 528 g/mol. The van der Waals surface area contributed by atoms with Crippen molar-refractivity contribution < 1.29 is 42.7 Å². The zero-order chi connectivity index (χ0) is 29.2. The highest BCUT2D eigenvalue weighted by Crippen LogP contribution is 2.43. The normalized spacial score (nSPS) is 12.2. The van der Waals surface area contributed by atoms with Gasteiger partial charge in [0.15, 0.2) is 18.3 Å². The Morgan fingerprint density at radius 2 is 1.71 bits per heavy atom. The topological polar surface area (TPSA) is 90.9 Å². The van der Waals surface area contributed by atoms with Crippen LogP contribution in [0.1, 0.15) is 31.4 Å². The number of carbonyl (C=O) groups is 1. The molecule has 0 aliphatic carbocycles. The summed E-state index contributed by atoms with van der Waals surface area (Å²) >= 11 is 0. The predicted molar refractivity (Wildman–Crippen MR) is 154 cm³/mol. The zero-order valence-corrected chi connectivity index (χ0v) is 24.1. The molecule has 0 N–H and O–H groups in total. The molecule has 9 heteroatoms. The van der Waals surface area contributed by atoms with Crippen LogP contribution in [0.5, 0.6) is 34.5 Å². The quantitative estimate of drug-likeness (QED) is 0.132. The molecule has 3 aromatic rings. The maximum Gasteiger partial charge on any atom is 0.334 e. The van der Waals surface area contributed by atoms with Gasteiger partial charge in [-0.2, -0.15) is 0 Å². The molecular formula is C32H36O9. The molecule has 0 unspecified atom stereocenters. The summed E-state index contributed by atoms with van der Waals surface area (Å²) in [5.41, 5.74) is 3.43. The van der Waals surface area contributed by atoms with Crippen LogP contribution in [0.25, 0.3) is 17.2 Å². The lowest BCUT2D eigenvalue weighted by atomic mass is 9.94. The Kier molecular flexibility index (Phi) is 10.3. The molecule has 0 bridgehead atoms. The van der Waals surface area contributed by atoms with E-state index in [1.165, 1.54) is 0 Å². The molecule has 4 rings (SSSR count). The first-order valence-corrected chi connectivity index (χ1v) is 13.4. The summed E-state index contributed by atoms with van der Waals surface area (Å²) in [6.45, 7) is 4.74. The van der Waals surface area contributed by atoms with Crippen LogP contribution >= 0.6 is 0 Å². The van der Waals surface area contributed by atoms with Crippen molar-refractivity contribution in [1.82, 2.24) is 0 Å². The number of ether oxygens (including phenoxy) is 8. The average Bonchev–Trinajstić information content (AvgIpc) is 3.45. The number of benzene rings is 3. The Labute approximate surface area is 240 Å². The average molecular weight is 565 g/mol. The minimum atomic E-state index is -0.441. The molecule has 0 amide bonds. The zero-order valence-electron chi connectivity index (χ0n) is 24.1. The van der Waals surface area contributed by atoms with E-state index in [9.17, 15) is 4.79 Å². The minimum Gasteiger partial charge on any atom is -0.497 e. The Balaban J connectivity index is 1.88. The number of fused-ring (bicyclic) bond motifs is 1. The van der Waals surface area contributed by atoms with Crippen LogP contribution < -0.4 is 28.4 Å². The van der Waals surface area contributed by atoms with Crippen LogP contribution in [0, 0.1) is 0 Å².